The van der Waals surface area contributed by atoms with Crippen LogP contribution in [0, 0.1) is 26.2 Å². The summed E-state index contributed by atoms with van der Waals surface area (Å²) < 4.78 is 0. The van der Waals surface area contributed by atoms with Gasteiger partial charge in [-0.25, -0.2) is 0 Å². The number of carbonyl (C=O) groups is 1. The molecule has 0 saturated carbocycles. The highest BCUT2D eigenvalue weighted by molar-refractivity contribution is 5.99. The number of anilines is 2. The fourth-order valence-corrected chi connectivity index (χ4v) is 3.06. The van der Waals surface area contributed by atoms with E-state index < -0.39 is 5.41 Å². The summed E-state index contributed by atoms with van der Waals surface area (Å²) in [5.74, 6) is 0.0536. The van der Waals surface area contributed by atoms with Crippen LogP contribution in [0.5, 0.6) is 0 Å². The van der Waals surface area contributed by atoms with Gasteiger partial charge in [-0.1, -0.05) is 23.8 Å². The predicted molar refractivity (Wildman–Crippen MR) is 95.9 cm³/mol. The molecular formula is C20H24N2O. The number of carbonyl (C=O) groups excluding carboxylic acids is 1. The van der Waals surface area contributed by atoms with Gasteiger partial charge in [0, 0.05) is 11.4 Å². The van der Waals surface area contributed by atoms with E-state index in [1.54, 1.807) is 0 Å². The molecule has 23 heavy (non-hydrogen) atoms. The Morgan fingerprint density at radius 3 is 2.26 bits per heavy atom. The molecule has 2 aromatic carbocycles. The lowest BCUT2D eigenvalue weighted by molar-refractivity contribution is -0.125. The second-order valence-corrected chi connectivity index (χ2v) is 7.14. The molecule has 1 heterocycles. The lowest BCUT2D eigenvalue weighted by Crippen LogP contribution is -2.43. The lowest BCUT2D eigenvalue weighted by Gasteiger charge is -2.40. The first kappa shape index (κ1) is 15.6. The molecule has 0 fully saturated rings. The van der Waals surface area contributed by atoms with Gasteiger partial charge in [-0.15, -0.1) is 0 Å². The summed E-state index contributed by atoms with van der Waals surface area (Å²) in [6, 6.07) is 12.5. The zero-order chi connectivity index (χ0) is 16.8. The Bertz CT molecular complexity index is 760. The van der Waals surface area contributed by atoms with Crippen LogP contribution in [0.3, 0.4) is 0 Å². The molecule has 3 nitrogen and oxygen atoms in total. The fraction of sp³-hybridized carbons (Fsp3) is 0.350. The van der Waals surface area contributed by atoms with Crippen LogP contribution in [-0.2, 0) is 4.79 Å². The second kappa shape index (κ2) is 5.41. The van der Waals surface area contributed by atoms with Crippen LogP contribution in [0.2, 0.25) is 0 Å². The maximum absolute atomic E-state index is 12.6. The first-order chi connectivity index (χ1) is 10.8. The van der Waals surface area contributed by atoms with Gasteiger partial charge in [0.15, 0.2) is 0 Å². The van der Waals surface area contributed by atoms with E-state index in [1.165, 1.54) is 16.7 Å². The van der Waals surface area contributed by atoms with Crippen molar-refractivity contribution in [3.05, 3.63) is 58.7 Å². The van der Waals surface area contributed by atoms with Gasteiger partial charge in [0.25, 0.3) is 0 Å². The van der Waals surface area contributed by atoms with Crippen molar-refractivity contribution in [3.8, 4) is 0 Å². The van der Waals surface area contributed by atoms with Crippen LogP contribution in [0.4, 0.5) is 11.4 Å². The molecule has 0 aromatic heterocycles. The van der Waals surface area contributed by atoms with Crippen molar-refractivity contribution in [2.24, 2.45) is 5.41 Å². The molecule has 2 aromatic rings. The number of amides is 1. The summed E-state index contributed by atoms with van der Waals surface area (Å²) >= 11 is 0. The molecule has 0 aliphatic carbocycles. The molecule has 0 bridgehead atoms. The molecule has 0 radical (unpaired) electrons. The van der Waals surface area contributed by atoms with Crippen LogP contribution in [0.25, 0.3) is 0 Å². The Balaban J connectivity index is 2.07. The average molecular weight is 308 g/mol. The number of fused-ring (bicyclic) bond motifs is 1. The SMILES string of the molecule is Cc1ccc(NC2c3cc(C)c(C)cc3NC(=O)C2(C)C)cc1. The van der Waals surface area contributed by atoms with Crippen LogP contribution >= 0.6 is 0 Å². The first-order valence-electron chi connectivity index (χ1n) is 8.05. The minimum atomic E-state index is -0.528. The summed E-state index contributed by atoms with van der Waals surface area (Å²) in [4.78, 5) is 12.6. The summed E-state index contributed by atoms with van der Waals surface area (Å²) in [7, 11) is 0. The van der Waals surface area contributed by atoms with Crippen LogP contribution in [-0.4, -0.2) is 5.91 Å². The number of hydrogen-bond donors (Lipinski definition) is 2. The summed E-state index contributed by atoms with van der Waals surface area (Å²) in [5, 5.41) is 6.63. The highest BCUT2D eigenvalue weighted by atomic mass is 16.2. The highest BCUT2D eigenvalue weighted by Crippen LogP contribution is 2.44. The van der Waals surface area contributed by atoms with Crippen molar-refractivity contribution < 1.29 is 4.79 Å². The van der Waals surface area contributed by atoms with Gasteiger partial charge in [-0.05, 0) is 69.5 Å². The maximum Gasteiger partial charge on any atom is 0.232 e. The smallest absolute Gasteiger partial charge is 0.232 e. The van der Waals surface area contributed by atoms with Crippen molar-refractivity contribution in [2.45, 2.75) is 40.7 Å². The zero-order valence-electron chi connectivity index (χ0n) is 14.4. The molecule has 2 N–H and O–H groups in total. The van der Waals surface area contributed by atoms with E-state index in [-0.39, 0.29) is 11.9 Å². The van der Waals surface area contributed by atoms with E-state index in [1.807, 2.05) is 13.8 Å². The molecule has 3 heteroatoms. The van der Waals surface area contributed by atoms with Gasteiger partial charge < -0.3 is 10.6 Å². The maximum atomic E-state index is 12.6. The summed E-state index contributed by atoms with van der Waals surface area (Å²) in [6.07, 6.45) is 0. The normalized spacial score (nSPS) is 19.0. The summed E-state index contributed by atoms with van der Waals surface area (Å²) in [6.45, 7) is 10.2. The van der Waals surface area contributed by atoms with Crippen LogP contribution < -0.4 is 10.6 Å². The predicted octanol–water partition coefficient (Wildman–Crippen LogP) is 4.74. The fourth-order valence-electron chi connectivity index (χ4n) is 3.06. The van der Waals surface area contributed by atoms with Crippen LogP contribution in [0.1, 0.15) is 42.1 Å². The van der Waals surface area contributed by atoms with Crippen molar-refractivity contribution in [3.63, 3.8) is 0 Å². The van der Waals surface area contributed by atoms with Gasteiger partial charge in [0.05, 0.1) is 11.5 Å². The molecular weight excluding hydrogens is 284 g/mol. The largest absolute Gasteiger partial charge is 0.377 e. The second-order valence-electron chi connectivity index (χ2n) is 7.14. The van der Waals surface area contributed by atoms with Crippen molar-refractivity contribution in [1.82, 2.24) is 0 Å². The number of hydrogen-bond acceptors (Lipinski definition) is 2. The zero-order valence-corrected chi connectivity index (χ0v) is 14.4. The van der Waals surface area contributed by atoms with Crippen molar-refractivity contribution in [1.29, 1.82) is 0 Å². The third kappa shape index (κ3) is 2.72. The van der Waals surface area contributed by atoms with Gasteiger partial charge in [0.2, 0.25) is 5.91 Å². The third-order valence-electron chi connectivity index (χ3n) is 4.89. The lowest BCUT2D eigenvalue weighted by atomic mass is 9.75. The average Bonchev–Trinajstić information content (AvgIpc) is 2.49. The van der Waals surface area contributed by atoms with Crippen molar-refractivity contribution >= 4 is 17.3 Å². The number of nitrogens with one attached hydrogen (secondary N) is 2. The molecule has 120 valence electrons. The molecule has 1 aliphatic heterocycles. The van der Waals surface area contributed by atoms with Gasteiger partial charge in [-0.2, -0.15) is 0 Å². The molecule has 0 spiro atoms. The standard InChI is InChI=1S/C20H24N2O/c1-12-6-8-15(9-7-12)21-18-16-10-13(2)14(3)11-17(16)22-19(23)20(18,4)5/h6-11,18,21H,1-5H3,(H,22,23). The molecule has 0 saturated heterocycles. The monoisotopic (exact) mass is 308 g/mol. The van der Waals surface area contributed by atoms with Gasteiger partial charge in [0.1, 0.15) is 0 Å². The Morgan fingerprint density at radius 2 is 1.61 bits per heavy atom. The molecule has 1 aliphatic rings. The highest BCUT2D eigenvalue weighted by Gasteiger charge is 2.43. The van der Waals surface area contributed by atoms with E-state index in [4.69, 9.17) is 0 Å². The molecule has 1 atom stereocenters. The minimum Gasteiger partial charge on any atom is -0.377 e. The third-order valence-corrected chi connectivity index (χ3v) is 4.89. The molecule has 3 rings (SSSR count). The summed E-state index contributed by atoms with van der Waals surface area (Å²) in [5.41, 5.74) is 6.24. The number of aryl methyl sites for hydroxylation is 3. The molecule has 1 amide bonds. The molecule has 1 unspecified atom stereocenters. The Kier molecular flexibility index (Phi) is 3.67. The quantitative estimate of drug-likeness (QED) is 0.841. The minimum absolute atomic E-state index is 0.0536. The number of rotatable bonds is 2. The first-order valence-corrected chi connectivity index (χ1v) is 8.05. The van der Waals surface area contributed by atoms with Gasteiger partial charge in [-0.3, -0.25) is 4.79 Å². The Morgan fingerprint density at radius 1 is 1.00 bits per heavy atom. The van der Waals surface area contributed by atoms with Crippen LogP contribution in [0.15, 0.2) is 36.4 Å². The topological polar surface area (TPSA) is 41.1 Å². The van der Waals surface area contributed by atoms with E-state index in [0.29, 0.717) is 0 Å². The Labute approximate surface area is 138 Å². The number of benzene rings is 2. The van der Waals surface area contributed by atoms with E-state index in [0.717, 1.165) is 16.9 Å². The van der Waals surface area contributed by atoms with Crippen molar-refractivity contribution in [2.75, 3.05) is 10.6 Å². The van der Waals surface area contributed by atoms with Gasteiger partial charge >= 0.3 is 0 Å². The van der Waals surface area contributed by atoms with E-state index >= 15 is 0 Å². The Hall–Kier alpha value is -2.29. The van der Waals surface area contributed by atoms with E-state index in [9.17, 15) is 4.79 Å². The van der Waals surface area contributed by atoms with E-state index in [2.05, 4.69) is 67.8 Å².